The number of benzene rings is 2. The van der Waals surface area contributed by atoms with Crippen LogP contribution in [0, 0.1) is 0 Å². The van der Waals surface area contributed by atoms with Crippen molar-refractivity contribution in [2.24, 2.45) is 5.73 Å². The van der Waals surface area contributed by atoms with E-state index in [-0.39, 0.29) is 12.5 Å². The van der Waals surface area contributed by atoms with Crippen molar-refractivity contribution in [1.82, 2.24) is 0 Å². The molecular formula is C15H13ClN2O2. The fourth-order valence-electron chi connectivity index (χ4n) is 1.82. The van der Waals surface area contributed by atoms with Crippen LogP contribution in [0.25, 0.3) is 0 Å². The molecule has 0 fully saturated rings. The van der Waals surface area contributed by atoms with Crippen LogP contribution in [-0.4, -0.2) is 18.4 Å². The highest BCUT2D eigenvalue weighted by molar-refractivity contribution is 6.34. The van der Waals surface area contributed by atoms with Gasteiger partial charge in [-0.3, -0.25) is 14.5 Å². The Labute approximate surface area is 121 Å². The molecule has 0 bridgehead atoms. The SMILES string of the molecule is NC(=O)CN(C(=O)c1ccccc1Cl)c1ccccc1. The first-order chi connectivity index (χ1) is 9.59. The van der Waals surface area contributed by atoms with Crippen molar-refractivity contribution in [3.05, 3.63) is 65.2 Å². The normalized spacial score (nSPS) is 10.1. The maximum Gasteiger partial charge on any atom is 0.260 e. The smallest absolute Gasteiger partial charge is 0.260 e. The minimum absolute atomic E-state index is 0.200. The van der Waals surface area contributed by atoms with Crippen LogP contribution in [-0.2, 0) is 4.79 Å². The topological polar surface area (TPSA) is 63.4 Å². The van der Waals surface area contributed by atoms with Crippen LogP contribution in [0.2, 0.25) is 5.02 Å². The largest absolute Gasteiger partial charge is 0.368 e. The number of nitrogens with zero attached hydrogens (tertiary/aromatic N) is 1. The zero-order valence-corrected chi connectivity index (χ0v) is 11.4. The van der Waals surface area contributed by atoms with Crippen molar-refractivity contribution in [1.29, 1.82) is 0 Å². The standard InChI is InChI=1S/C15H13ClN2O2/c16-13-9-5-4-8-12(13)15(20)18(10-14(17)19)11-6-2-1-3-7-11/h1-9H,10H2,(H2,17,19). The van der Waals surface area contributed by atoms with Gasteiger partial charge in [0.25, 0.3) is 5.91 Å². The van der Waals surface area contributed by atoms with E-state index in [1.54, 1.807) is 48.5 Å². The second-order valence-electron chi connectivity index (χ2n) is 4.17. The van der Waals surface area contributed by atoms with Gasteiger partial charge in [-0.05, 0) is 24.3 Å². The molecule has 0 aliphatic rings. The third-order valence-electron chi connectivity index (χ3n) is 2.73. The summed E-state index contributed by atoms with van der Waals surface area (Å²) < 4.78 is 0. The van der Waals surface area contributed by atoms with Gasteiger partial charge in [-0.15, -0.1) is 0 Å². The van der Waals surface area contributed by atoms with Crippen molar-refractivity contribution in [2.75, 3.05) is 11.4 Å². The van der Waals surface area contributed by atoms with E-state index >= 15 is 0 Å². The molecule has 0 saturated carbocycles. The van der Waals surface area contributed by atoms with Crippen LogP contribution >= 0.6 is 11.6 Å². The fraction of sp³-hybridized carbons (Fsp3) is 0.0667. The third kappa shape index (κ3) is 3.16. The van der Waals surface area contributed by atoms with Crippen LogP contribution in [0.1, 0.15) is 10.4 Å². The number of rotatable bonds is 4. The Bertz CT molecular complexity index is 629. The lowest BCUT2D eigenvalue weighted by atomic mass is 10.1. The number of nitrogens with two attached hydrogens (primary N) is 1. The van der Waals surface area contributed by atoms with Gasteiger partial charge in [0.1, 0.15) is 6.54 Å². The molecule has 0 saturated heterocycles. The maximum atomic E-state index is 12.5. The molecule has 2 N–H and O–H groups in total. The summed E-state index contributed by atoms with van der Waals surface area (Å²) in [5.74, 6) is -0.949. The number of primary amides is 1. The zero-order valence-electron chi connectivity index (χ0n) is 10.6. The van der Waals surface area contributed by atoms with Crippen molar-refractivity contribution in [3.63, 3.8) is 0 Å². The van der Waals surface area contributed by atoms with E-state index in [2.05, 4.69) is 0 Å². The Morgan fingerprint density at radius 2 is 1.60 bits per heavy atom. The van der Waals surface area contributed by atoms with Gasteiger partial charge in [-0.1, -0.05) is 41.9 Å². The second-order valence-corrected chi connectivity index (χ2v) is 4.58. The molecule has 0 spiro atoms. The number of amides is 2. The molecule has 0 atom stereocenters. The van der Waals surface area contributed by atoms with Gasteiger partial charge in [0.05, 0.1) is 10.6 Å². The Kier molecular flexibility index (Phi) is 4.38. The summed E-state index contributed by atoms with van der Waals surface area (Å²) in [4.78, 5) is 25.0. The molecule has 0 aromatic heterocycles. The van der Waals surface area contributed by atoms with E-state index in [4.69, 9.17) is 17.3 Å². The lowest BCUT2D eigenvalue weighted by Gasteiger charge is -2.21. The number of halogens is 1. The van der Waals surface area contributed by atoms with E-state index in [0.29, 0.717) is 16.3 Å². The zero-order chi connectivity index (χ0) is 14.5. The fourth-order valence-corrected chi connectivity index (χ4v) is 2.04. The molecule has 2 aromatic rings. The minimum Gasteiger partial charge on any atom is -0.368 e. The van der Waals surface area contributed by atoms with Gasteiger partial charge in [-0.2, -0.15) is 0 Å². The lowest BCUT2D eigenvalue weighted by molar-refractivity contribution is -0.116. The summed E-state index contributed by atoms with van der Waals surface area (Å²) in [5, 5.41) is 0.336. The van der Waals surface area contributed by atoms with Gasteiger partial charge in [0.15, 0.2) is 0 Å². The molecular weight excluding hydrogens is 276 g/mol. The van der Waals surface area contributed by atoms with E-state index in [9.17, 15) is 9.59 Å². The predicted octanol–water partition coefficient (Wildman–Crippen LogP) is 2.47. The number of carbonyl (C=O) groups is 2. The van der Waals surface area contributed by atoms with Gasteiger partial charge in [-0.25, -0.2) is 0 Å². The Morgan fingerprint density at radius 3 is 2.20 bits per heavy atom. The van der Waals surface area contributed by atoms with Gasteiger partial charge >= 0.3 is 0 Å². The van der Waals surface area contributed by atoms with Crippen LogP contribution in [0.4, 0.5) is 5.69 Å². The van der Waals surface area contributed by atoms with Crippen molar-refractivity contribution in [2.45, 2.75) is 0 Å². The molecule has 0 aliphatic carbocycles. The second kappa shape index (κ2) is 6.21. The van der Waals surface area contributed by atoms with Crippen LogP contribution in [0.3, 0.4) is 0 Å². The molecule has 2 amide bonds. The van der Waals surface area contributed by atoms with E-state index < -0.39 is 5.91 Å². The molecule has 0 radical (unpaired) electrons. The number of hydrogen-bond donors (Lipinski definition) is 1. The van der Waals surface area contributed by atoms with Gasteiger partial charge in [0.2, 0.25) is 5.91 Å². The van der Waals surface area contributed by atoms with E-state index in [1.807, 2.05) is 6.07 Å². The summed E-state index contributed by atoms with van der Waals surface area (Å²) >= 11 is 6.02. The quantitative estimate of drug-likeness (QED) is 0.939. The minimum atomic E-state index is -0.589. The first-order valence-electron chi connectivity index (χ1n) is 5.99. The summed E-state index contributed by atoms with van der Waals surface area (Å²) in [6, 6.07) is 15.5. The highest BCUT2D eigenvalue weighted by Gasteiger charge is 2.21. The van der Waals surface area contributed by atoms with Gasteiger partial charge < -0.3 is 5.73 Å². The molecule has 5 heteroatoms. The average Bonchev–Trinajstić information content (AvgIpc) is 2.45. The molecule has 4 nitrogen and oxygen atoms in total. The summed E-state index contributed by atoms with van der Waals surface area (Å²) in [6.07, 6.45) is 0. The third-order valence-corrected chi connectivity index (χ3v) is 3.06. The summed E-state index contributed by atoms with van der Waals surface area (Å²) in [7, 11) is 0. The molecule has 102 valence electrons. The molecule has 0 aliphatic heterocycles. The predicted molar refractivity (Wildman–Crippen MR) is 78.8 cm³/mol. The van der Waals surface area contributed by atoms with E-state index in [1.165, 1.54) is 4.90 Å². The van der Waals surface area contributed by atoms with E-state index in [0.717, 1.165) is 0 Å². The molecule has 20 heavy (non-hydrogen) atoms. The van der Waals surface area contributed by atoms with Gasteiger partial charge in [0, 0.05) is 5.69 Å². The highest BCUT2D eigenvalue weighted by Crippen LogP contribution is 2.21. The maximum absolute atomic E-state index is 12.5. The van der Waals surface area contributed by atoms with Crippen molar-refractivity contribution >= 4 is 29.1 Å². The molecule has 2 rings (SSSR count). The number of anilines is 1. The van der Waals surface area contributed by atoms with Crippen LogP contribution < -0.4 is 10.6 Å². The summed E-state index contributed by atoms with van der Waals surface area (Å²) in [5.41, 5.74) is 6.15. The van der Waals surface area contributed by atoms with Crippen molar-refractivity contribution in [3.8, 4) is 0 Å². The van der Waals surface area contributed by atoms with Crippen LogP contribution in [0.5, 0.6) is 0 Å². The number of hydrogen-bond acceptors (Lipinski definition) is 2. The average molecular weight is 289 g/mol. The molecule has 0 heterocycles. The van der Waals surface area contributed by atoms with Crippen LogP contribution in [0.15, 0.2) is 54.6 Å². The molecule has 0 unspecified atom stereocenters. The Balaban J connectivity index is 2.40. The number of para-hydroxylation sites is 1. The number of carbonyl (C=O) groups excluding carboxylic acids is 2. The monoisotopic (exact) mass is 288 g/mol. The lowest BCUT2D eigenvalue weighted by Crippen LogP contribution is -2.38. The first kappa shape index (κ1) is 14.1. The Morgan fingerprint density at radius 1 is 1.00 bits per heavy atom. The van der Waals surface area contributed by atoms with Crippen molar-refractivity contribution < 1.29 is 9.59 Å². The molecule has 2 aromatic carbocycles. The highest BCUT2D eigenvalue weighted by atomic mass is 35.5. The Hall–Kier alpha value is -2.33. The summed E-state index contributed by atoms with van der Waals surface area (Å²) in [6.45, 7) is -0.200. The first-order valence-corrected chi connectivity index (χ1v) is 6.37.